The second-order valence-corrected chi connectivity index (χ2v) is 10.4. The first-order valence-corrected chi connectivity index (χ1v) is 12.9. The lowest BCUT2D eigenvalue weighted by atomic mass is 10.2. The number of nitrogens with one attached hydrogen (secondary N) is 1. The lowest BCUT2D eigenvalue weighted by molar-refractivity contribution is 0.102. The highest BCUT2D eigenvalue weighted by Crippen LogP contribution is 2.38. The van der Waals surface area contributed by atoms with E-state index in [1.54, 1.807) is 37.3 Å². The van der Waals surface area contributed by atoms with Gasteiger partial charge in [-0.15, -0.1) is 0 Å². The highest BCUT2D eigenvalue weighted by molar-refractivity contribution is 7.92. The van der Waals surface area contributed by atoms with Crippen LogP contribution in [0, 0.1) is 0 Å². The minimum absolute atomic E-state index is 0.111. The van der Waals surface area contributed by atoms with Gasteiger partial charge in [-0.05, 0) is 43.3 Å². The zero-order chi connectivity index (χ0) is 23.7. The Balaban J connectivity index is 1.34. The molecule has 0 radical (unpaired) electrons. The highest BCUT2D eigenvalue weighted by Gasteiger charge is 2.24. The summed E-state index contributed by atoms with van der Waals surface area (Å²) in [7, 11) is -3.76. The van der Waals surface area contributed by atoms with Gasteiger partial charge in [0.1, 0.15) is 13.2 Å². The minimum Gasteiger partial charge on any atom is -0.486 e. The fraction of sp³-hybridized carbons (Fsp3) is 0.167. The quantitative estimate of drug-likeness (QED) is 0.422. The second kappa shape index (κ2) is 8.96. The summed E-state index contributed by atoms with van der Waals surface area (Å²) >= 11 is 1.32. The average molecular weight is 496 g/mol. The maximum absolute atomic E-state index is 13.1. The monoisotopic (exact) mass is 495 g/mol. The predicted octanol–water partition coefficient (Wildman–Crippen LogP) is 4.54. The summed E-state index contributed by atoms with van der Waals surface area (Å²) in [6.07, 6.45) is 0. The molecule has 2 heterocycles. The number of fused-ring (bicyclic) bond motifs is 2. The minimum atomic E-state index is -3.76. The molecule has 8 nitrogen and oxygen atoms in total. The van der Waals surface area contributed by atoms with Crippen molar-refractivity contribution < 1.29 is 22.7 Å². The van der Waals surface area contributed by atoms with Gasteiger partial charge < -0.3 is 9.47 Å². The smallest absolute Gasteiger partial charge is 0.264 e. The third-order valence-corrected chi connectivity index (χ3v) is 8.16. The van der Waals surface area contributed by atoms with Crippen LogP contribution in [0.25, 0.3) is 10.2 Å². The molecule has 0 aliphatic carbocycles. The number of nitrogens with zero attached hydrogens (tertiary/aromatic N) is 2. The van der Waals surface area contributed by atoms with Gasteiger partial charge in [-0.1, -0.05) is 29.5 Å². The Labute approximate surface area is 200 Å². The number of carbonyl (C=O) groups is 1. The Morgan fingerprint density at radius 2 is 1.71 bits per heavy atom. The molecular weight excluding hydrogens is 474 g/mol. The molecule has 0 atom stereocenters. The summed E-state index contributed by atoms with van der Waals surface area (Å²) in [5.41, 5.74) is 1.61. The number of hydrogen-bond acceptors (Lipinski definition) is 7. The van der Waals surface area contributed by atoms with Crippen molar-refractivity contribution in [2.24, 2.45) is 0 Å². The first-order valence-electron chi connectivity index (χ1n) is 10.6. The van der Waals surface area contributed by atoms with E-state index in [0.29, 0.717) is 46.6 Å². The van der Waals surface area contributed by atoms with Crippen molar-refractivity contribution in [3.05, 3.63) is 72.3 Å². The summed E-state index contributed by atoms with van der Waals surface area (Å²) in [5.74, 6) is 0.916. The van der Waals surface area contributed by atoms with Crippen LogP contribution in [0.1, 0.15) is 17.3 Å². The number of ether oxygens (including phenoxy) is 2. The van der Waals surface area contributed by atoms with Crippen LogP contribution >= 0.6 is 11.3 Å². The van der Waals surface area contributed by atoms with Crippen LogP contribution in [-0.2, 0) is 10.0 Å². The van der Waals surface area contributed by atoms with Gasteiger partial charge in [-0.25, -0.2) is 13.4 Å². The number of hydrogen-bond donors (Lipinski definition) is 1. The SMILES string of the molecule is CCN(c1ccccc1)S(=O)(=O)c1ccc(C(=O)Nc2nc3cc4c(cc3s2)OCCO4)cc1. The molecule has 3 aromatic carbocycles. The zero-order valence-corrected chi connectivity index (χ0v) is 19.9. The number of amides is 1. The van der Waals surface area contributed by atoms with Crippen LogP contribution in [0.3, 0.4) is 0 Å². The first kappa shape index (κ1) is 22.2. The highest BCUT2D eigenvalue weighted by atomic mass is 32.2. The van der Waals surface area contributed by atoms with E-state index in [4.69, 9.17) is 9.47 Å². The Bertz CT molecular complexity index is 1410. The summed E-state index contributed by atoms with van der Waals surface area (Å²) in [5, 5.41) is 3.21. The van der Waals surface area contributed by atoms with Crippen LogP contribution in [0.2, 0.25) is 0 Å². The van der Waals surface area contributed by atoms with Gasteiger partial charge in [-0.2, -0.15) is 0 Å². The molecular formula is C24H21N3O5S2. The standard InChI is InChI=1S/C24H21N3O5S2/c1-2-27(17-6-4-3-5-7-17)34(29,30)18-10-8-16(9-11-18)23(28)26-24-25-19-14-20-21(15-22(19)33-24)32-13-12-31-20/h3-11,14-15H,2,12-13H2,1H3,(H,25,26,28). The van der Waals surface area contributed by atoms with Gasteiger partial charge in [-0.3, -0.25) is 14.4 Å². The fourth-order valence-corrected chi connectivity index (χ4v) is 6.02. The summed E-state index contributed by atoms with van der Waals surface area (Å²) in [6, 6.07) is 18.4. The van der Waals surface area contributed by atoms with E-state index >= 15 is 0 Å². The van der Waals surface area contributed by atoms with Crippen molar-refractivity contribution in [2.45, 2.75) is 11.8 Å². The normalized spacial score (nSPS) is 13.0. The van der Waals surface area contributed by atoms with E-state index in [0.717, 1.165) is 4.70 Å². The van der Waals surface area contributed by atoms with Gasteiger partial charge >= 0.3 is 0 Å². The third-order valence-electron chi connectivity index (χ3n) is 5.31. The average Bonchev–Trinajstić information content (AvgIpc) is 3.24. The molecule has 0 bridgehead atoms. The first-order chi connectivity index (χ1) is 16.5. The van der Waals surface area contributed by atoms with Crippen molar-refractivity contribution in [3.63, 3.8) is 0 Å². The van der Waals surface area contributed by atoms with E-state index in [1.807, 2.05) is 12.1 Å². The predicted molar refractivity (Wildman–Crippen MR) is 132 cm³/mol. The van der Waals surface area contributed by atoms with Gasteiger partial charge in [0, 0.05) is 24.2 Å². The number of carbonyl (C=O) groups excluding carboxylic acids is 1. The van der Waals surface area contributed by atoms with Crippen molar-refractivity contribution >= 4 is 48.3 Å². The number of benzene rings is 3. The van der Waals surface area contributed by atoms with Gasteiger partial charge in [0.15, 0.2) is 16.6 Å². The molecule has 1 aliphatic rings. The fourth-order valence-electron chi connectivity index (χ4n) is 3.68. The van der Waals surface area contributed by atoms with E-state index in [2.05, 4.69) is 10.3 Å². The lowest BCUT2D eigenvalue weighted by Crippen LogP contribution is -2.30. The Hall–Kier alpha value is -3.63. The van der Waals surface area contributed by atoms with Crippen molar-refractivity contribution in [2.75, 3.05) is 29.4 Å². The Morgan fingerprint density at radius 1 is 1.03 bits per heavy atom. The molecule has 34 heavy (non-hydrogen) atoms. The Kier molecular flexibility index (Phi) is 5.84. The molecule has 1 aromatic heterocycles. The number of thiazole rings is 1. The molecule has 0 saturated heterocycles. The molecule has 1 amide bonds. The second-order valence-electron chi connectivity index (χ2n) is 7.47. The van der Waals surface area contributed by atoms with E-state index < -0.39 is 10.0 Å². The maximum Gasteiger partial charge on any atom is 0.264 e. The summed E-state index contributed by atoms with van der Waals surface area (Å²) in [6.45, 7) is 3.04. The summed E-state index contributed by atoms with van der Waals surface area (Å²) in [4.78, 5) is 17.3. The van der Waals surface area contributed by atoms with Crippen molar-refractivity contribution in [3.8, 4) is 11.5 Å². The van der Waals surface area contributed by atoms with Gasteiger partial charge in [0.05, 0.1) is 20.8 Å². The Morgan fingerprint density at radius 3 is 2.38 bits per heavy atom. The number of aromatic nitrogens is 1. The van der Waals surface area contributed by atoms with Crippen LogP contribution in [0.5, 0.6) is 11.5 Å². The topological polar surface area (TPSA) is 97.8 Å². The number of rotatable bonds is 6. The van der Waals surface area contributed by atoms with Crippen LogP contribution in [0.4, 0.5) is 10.8 Å². The lowest BCUT2D eigenvalue weighted by Gasteiger charge is -2.22. The molecule has 0 spiro atoms. The van der Waals surface area contributed by atoms with Gasteiger partial charge in [0.2, 0.25) is 0 Å². The molecule has 1 aliphatic heterocycles. The van der Waals surface area contributed by atoms with Crippen LogP contribution in [-0.4, -0.2) is 39.1 Å². The zero-order valence-electron chi connectivity index (χ0n) is 18.2. The largest absolute Gasteiger partial charge is 0.486 e. The van der Waals surface area contributed by atoms with E-state index in [1.165, 1.54) is 39.9 Å². The van der Waals surface area contributed by atoms with Crippen LogP contribution in [0.15, 0.2) is 71.6 Å². The number of sulfonamides is 1. The molecule has 10 heteroatoms. The molecule has 0 saturated carbocycles. The number of para-hydroxylation sites is 1. The van der Waals surface area contributed by atoms with E-state index in [9.17, 15) is 13.2 Å². The van der Waals surface area contributed by atoms with Crippen molar-refractivity contribution in [1.82, 2.24) is 4.98 Å². The van der Waals surface area contributed by atoms with Crippen molar-refractivity contribution in [1.29, 1.82) is 0 Å². The molecule has 0 fully saturated rings. The maximum atomic E-state index is 13.1. The molecule has 1 N–H and O–H groups in total. The van der Waals surface area contributed by atoms with Crippen LogP contribution < -0.4 is 19.1 Å². The third kappa shape index (κ3) is 4.17. The van der Waals surface area contributed by atoms with Gasteiger partial charge in [0.25, 0.3) is 15.9 Å². The van der Waals surface area contributed by atoms with E-state index in [-0.39, 0.29) is 17.3 Å². The number of anilines is 2. The molecule has 0 unspecified atom stereocenters. The molecule has 5 rings (SSSR count). The molecule has 4 aromatic rings. The summed E-state index contributed by atoms with van der Waals surface area (Å²) < 4.78 is 39.7. The molecule has 174 valence electrons.